The Morgan fingerprint density at radius 1 is 1.03 bits per heavy atom. The van der Waals surface area contributed by atoms with E-state index in [0.29, 0.717) is 0 Å². The summed E-state index contributed by atoms with van der Waals surface area (Å²) >= 11 is 0. The van der Waals surface area contributed by atoms with Crippen molar-refractivity contribution >= 4 is 5.78 Å². The molecule has 0 radical (unpaired) electrons. The van der Waals surface area contributed by atoms with Crippen LogP contribution < -0.4 is 9.47 Å². The number of phenols is 2. The number of Topliss-reactive ketones (excluding diaryl/α,β-unsaturated/α-hetero) is 1. The van der Waals surface area contributed by atoms with Gasteiger partial charge >= 0.3 is 0 Å². The summed E-state index contributed by atoms with van der Waals surface area (Å²) in [7, 11) is 0. The smallest absolute Gasteiger partial charge is 0.242 e. The highest BCUT2D eigenvalue weighted by atomic mass is 16.7. The van der Waals surface area contributed by atoms with Crippen molar-refractivity contribution in [2.45, 2.75) is 42.9 Å². The van der Waals surface area contributed by atoms with Gasteiger partial charge in [0.15, 0.2) is 5.78 Å². The van der Waals surface area contributed by atoms with Crippen LogP contribution in [-0.2, 0) is 10.5 Å². The number of hydrogen-bond donors (Lipinski definition) is 7. The van der Waals surface area contributed by atoms with E-state index in [0.717, 1.165) is 12.1 Å². The molecule has 0 saturated carbocycles. The molecule has 1 saturated heterocycles. The molecule has 2 aliphatic heterocycles. The summed E-state index contributed by atoms with van der Waals surface area (Å²) in [5.74, 6) is -3.50. The van der Waals surface area contributed by atoms with Crippen LogP contribution in [0.5, 0.6) is 23.0 Å². The van der Waals surface area contributed by atoms with Crippen molar-refractivity contribution in [2.24, 2.45) is 0 Å². The highest BCUT2D eigenvalue weighted by Crippen LogP contribution is 2.43. The average molecular weight is 450 g/mol. The lowest BCUT2D eigenvalue weighted by Gasteiger charge is -2.39. The predicted molar refractivity (Wildman–Crippen MR) is 104 cm³/mol. The molecule has 2 aromatic rings. The normalized spacial score (nSPS) is 32.2. The van der Waals surface area contributed by atoms with Gasteiger partial charge in [-0.1, -0.05) is 0 Å². The molecule has 2 aliphatic rings. The molecular weight excluding hydrogens is 428 g/mol. The topological polar surface area (TPSA) is 186 Å². The molecule has 32 heavy (non-hydrogen) atoms. The number of ether oxygens (including phenoxy) is 3. The molecule has 11 heteroatoms. The first-order chi connectivity index (χ1) is 15.1. The predicted octanol–water partition coefficient (Wildman–Crippen LogP) is -0.913. The van der Waals surface area contributed by atoms with Crippen LogP contribution in [0.25, 0.3) is 0 Å². The minimum absolute atomic E-state index is 0.143. The summed E-state index contributed by atoms with van der Waals surface area (Å²) in [4.78, 5) is 12.5. The van der Waals surface area contributed by atoms with Crippen molar-refractivity contribution in [3.8, 4) is 23.0 Å². The second-order valence-electron chi connectivity index (χ2n) is 7.66. The molecule has 0 aliphatic carbocycles. The van der Waals surface area contributed by atoms with Gasteiger partial charge in [0.05, 0.1) is 13.0 Å². The minimum atomic E-state index is -2.08. The Balaban J connectivity index is 1.53. The molecule has 2 heterocycles. The third-order valence-corrected chi connectivity index (χ3v) is 5.43. The van der Waals surface area contributed by atoms with Crippen molar-refractivity contribution in [1.82, 2.24) is 0 Å². The van der Waals surface area contributed by atoms with E-state index in [2.05, 4.69) is 0 Å². The first-order valence-electron chi connectivity index (χ1n) is 9.71. The molecular formula is C21H22O11. The Kier molecular flexibility index (Phi) is 5.71. The highest BCUT2D eigenvalue weighted by Gasteiger charge is 2.45. The van der Waals surface area contributed by atoms with E-state index >= 15 is 0 Å². The largest absolute Gasteiger partial charge is 0.508 e. The molecule has 6 atom stereocenters. The fourth-order valence-corrected chi connectivity index (χ4v) is 3.73. The van der Waals surface area contributed by atoms with E-state index in [1.807, 2.05) is 0 Å². The Morgan fingerprint density at radius 2 is 1.72 bits per heavy atom. The van der Waals surface area contributed by atoms with Gasteiger partial charge in [0.25, 0.3) is 0 Å². The number of aliphatic hydroxyl groups excluding tert-OH is 4. The first-order valence-corrected chi connectivity index (χ1v) is 9.71. The summed E-state index contributed by atoms with van der Waals surface area (Å²) in [5, 5.41) is 69.5. The Bertz CT molecular complexity index is 1010. The van der Waals surface area contributed by atoms with Crippen molar-refractivity contribution in [3.05, 3.63) is 47.5 Å². The van der Waals surface area contributed by atoms with Gasteiger partial charge in [-0.15, -0.1) is 0 Å². The number of hydrogen-bond acceptors (Lipinski definition) is 11. The Hall–Kier alpha value is -2.93. The lowest BCUT2D eigenvalue weighted by molar-refractivity contribution is -0.277. The third kappa shape index (κ3) is 3.86. The van der Waals surface area contributed by atoms with Gasteiger partial charge in [-0.3, -0.25) is 4.79 Å². The summed E-state index contributed by atoms with van der Waals surface area (Å²) in [6.45, 7) is -0.602. The van der Waals surface area contributed by atoms with Gasteiger partial charge in [0.2, 0.25) is 12.1 Å². The summed E-state index contributed by atoms with van der Waals surface area (Å²) in [5.41, 5.74) is 0.0236. The number of carbonyl (C=O) groups excluding carboxylic acids is 1. The van der Waals surface area contributed by atoms with Gasteiger partial charge in [0.1, 0.15) is 53.0 Å². The lowest BCUT2D eigenvalue weighted by atomic mass is 9.92. The van der Waals surface area contributed by atoms with E-state index in [9.17, 15) is 40.5 Å². The highest BCUT2D eigenvalue weighted by molar-refractivity contribution is 6.03. The molecule has 4 rings (SSSR count). The van der Waals surface area contributed by atoms with Gasteiger partial charge < -0.3 is 50.0 Å². The maximum Gasteiger partial charge on any atom is 0.242 e. The molecule has 1 fully saturated rings. The lowest BCUT2D eigenvalue weighted by Crippen LogP contribution is -2.60. The van der Waals surface area contributed by atoms with Crippen LogP contribution in [0.4, 0.5) is 0 Å². The number of fused-ring (bicyclic) bond motifs is 1. The van der Waals surface area contributed by atoms with E-state index in [1.54, 1.807) is 0 Å². The van der Waals surface area contributed by atoms with Crippen molar-refractivity contribution < 1.29 is 54.8 Å². The van der Waals surface area contributed by atoms with E-state index in [1.165, 1.54) is 24.3 Å². The molecule has 0 aromatic heterocycles. The van der Waals surface area contributed by atoms with Crippen LogP contribution in [0, 0.1) is 0 Å². The van der Waals surface area contributed by atoms with Crippen LogP contribution in [0.2, 0.25) is 0 Å². The molecule has 0 unspecified atom stereocenters. The quantitative estimate of drug-likeness (QED) is 0.306. The number of aliphatic hydroxyl groups is 5. The standard InChI is InChI=1S/C21H22O11/c22-8-15-17(26)18(27)19(28)20(31-15)30-11-3-1-9(2-4-11)21(29)7-13(25)16-12(24)5-10(23)6-14(16)32-21/h1-6,15,17-20,22-24,26-29H,7-8H2/t15-,17-,18+,19-,20-,21+/m1/s1. The zero-order chi connectivity index (χ0) is 23.2. The van der Waals surface area contributed by atoms with E-state index in [-0.39, 0.29) is 28.4 Å². The van der Waals surface area contributed by atoms with Crippen LogP contribution in [-0.4, -0.2) is 78.8 Å². The van der Waals surface area contributed by atoms with Crippen molar-refractivity contribution in [1.29, 1.82) is 0 Å². The number of rotatable bonds is 4. The van der Waals surface area contributed by atoms with Gasteiger partial charge in [-0.25, -0.2) is 0 Å². The first kappa shape index (κ1) is 22.3. The minimum Gasteiger partial charge on any atom is -0.508 e. The molecule has 7 N–H and O–H groups in total. The molecule has 11 nitrogen and oxygen atoms in total. The number of ketones is 1. The van der Waals surface area contributed by atoms with E-state index in [4.69, 9.17) is 14.2 Å². The number of aromatic hydroxyl groups is 2. The van der Waals surface area contributed by atoms with Crippen LogP contribution in [0.3, 0.4) is 0 Å². The van der Waals surface area contributed by atoms with Gasteiger partial charge in [-0.05, 0) is 24.3 Å². The van der Waals surface area contributed by atoms with E-state index < -0.39 is 61.1 Å². The SMILES string of the molecule is O=C1C[C@@](O)(c2ccc(O[C@@H]3O[C@H](CO)[C@@H](O)[C@H](O)[C@H]3O)cc2)Oc2cc(O)cc(O)c21. The maximum atomic E-state index is 12.5. The molecule has 0 amide bonds. The number of carbonyl (C=O) groups is 1. The fourth-order valence-electron chi connectivity index (χ4n) is 3.73. The average Bonchev–Trinajstić information content (AvgIpc) is 2.73. The van der Waals surface area contributed by atoms with Crippen LogP contribution >= 0.6 is 0 Å². The van der Waals surface area contributed by atoms with Crippen LogP contribution in [0.15, 0.2) is 36.4 Å². The van der Waals surface area contributed by atoms with Crippen molar-refractivity contribution in [3.63, 3.8) is 0 Å². The monoisotopic (exact) mass is 450 g/mol. The number of benzene rings is 2. The Labute approximate surface area is 181 Å². The maximum absolute atomic E-state index is 12.5. The second kappa shape index (κ2) is 8.20. The molecule has 2 aromatic carbocycles. The summed E-state index contributed by atoms with van der Waals surface area (Å²) in [6.07, 6.45) is -7.72. The van der Waals surface area contributed by atoms with Crippen molar-refractivity contribution in [2.75, 3.05) is 6.61 Å². The zero-order valence-corrected chi connectivity index (χ0v) is 16.5. The van der Waals surface area contributed by atoms with Gasteiger partial charge in [-0.2, -0.15) is 0 Å². The molecule has 0 bridgehead atoms. The zero-order valence-electron chi connectivity index (χ0n) is 16.5. The number of phenolic OH excluding ortho intramolecular Hbond substituents is 2. The third-order valence-electron chi connectivity index (χ3n) is 5.43. The second-order valence-corrected chi connectivity index (χ2v) is 7.66. The Morgan fingerprint density at radius 3 is 2.38 bits per heavy atom. The van der Waals surface area contributed by atoms with Crippen LogP contribution in [0.1, 0.15) is 22.3 Å². The summed E-state index contributed by atoms with van der Waals surface area (Å²) in [6, 6.07) is 7.65. The summed E-state index contributed by atoms with van der Waals surface area (Å²) < 4.78 is 16.3. The molecule has 172 valence electrons. The molecule has 0 spiro atoms. The fraction of sp³-hybridized carbons (Fsp3) is 0.381. The van der Waals surface area contributed by atoms with Gasteiger partial charge in [0, 0.05) is 17.7 Å².